The largest absolute Gasteiger partial charge is 0.449 e. The first-order chi connectivity index (χ1) is 9.90. The van der Waals surface area contributed by atoms with Crippen molar-refractivity contribution in [1.82, 2.24) is 0 Å². The number of nitro groups is 1. The first kappa shape index (κ1) is 15.4. The lowest BCUT2D eigenvalue weighted by Gasteiger charge is -2.14. The molecule has 0 fully saturated rings. The molecule has 110 valence electrons. The molecule has 2 N–H and O–H groups in total. The average Bonchev–Trinajstić information content (AvgIpc) is 2.42. The zero-order chi connectivity index (χ0) is 15.6. The van der Waals surface area contributed by atoms with E-state index in [1.54, 1.807) is 13.0 Å². The molecule has 1 atom stereocenters. The smallest absolute Gasteiger partial charge is 0.312 e. The molecule has 7 heteroatoms. The maximum Gasteiger partial charge on any atom is 0.312 e. The van der Waals surface area contributed by atoms with E-state index in [1.165, 1.54) is 30.3 Å². The van der Waals surface area contributed by atoms with Crippen molar-refractivity contribution >= 4 is 21.6 Å². The van der Waals surface area contributed by atoms with Crippen LogP contribution in [0.15, 0.2) is 40.9 Å². The van der Waals surface area contributed by atoms with Crippen LogP contribution in [0.2, 0.25) is 0 Å². The van der Waals surface area contributed by atoms with Gasteiger partial charge >= 0.3 is 5.69 Å². The van der Waals surface area contributed by atoms with E-state index in [1.807, 2.05) is 0 Å². The maximum atomic E-state index is 13.3. The molecule has 0 amide bonds. The van der Waals surface area contributed by atoms with Crippen LogP contribution in [0.4, 0.5) is 10.1 Å². The van der Waals surface area contributed by atoms with Gasteiger partial charge in [0.05, 0.1) is 9.40 Å². The van der Waals surface area contributed by atoms with Crippen LogP contribution in [0.3, 0.4) is 0 Å². The first-order valence-electron chi connectivity index (χ1n) is 6.06. The lowest BCUT2D eigenvalue weighted by molar-refractivity contribution is -0.385. The minimum Gasteiger partial charge on any atom is -0.449 e. The fourth-order valence-electron chi connectivity index (χ4n) is 1.82. The van der Waals surface area contributed by atoms with Gasteiger partial charge in [0.2, 0.25) is 5.75 Å². The number of rotatable bonds is 4. The van der Waals surface area contributed by atoms with Crippen LogP contribution in [0.25, 0.3) is 0 Å². The molecule has 21 heavy (non-hydrogen) atoms. The van der Waals surface area contributed by atoms with Crippen LogP contribution in [0.5, 0.6) is 11.5 Å². The van der Waals surface area contributed by atoms with Crippen molar-refractivity contribution in [2.45, 2.75) is 13.0 Å². The zero-order valence-electron chi connectivity index (χ0n) is 11.0. The van der Waals surface area contributed by atoms with Gasteiger partial charge in [-0.25, -0.2) is 4.39 Å². The highest BCUT2D eigenvalue weighted by molar-refractivity contribution is 9.10. The lowest BCUT2D eigenvalue weighted by Crippen LogP contribution is -2.07. The van der Waals surface area contributed by atoms with Gasteiger partial charge in [0.25, 0.3) is 0 Å². The number of hydrogen-bond acceptors (Lipinski definition) is 4. The molecule has 0 saturated carbocycles. The quantitative estimate of drug-likeness (QED) is 0.655. The predicted molar refractivity (Wildman–Crippen MR) is 79.9 cm³/mol. The molecule has 2 aromatic carbocycles. The molecule has 2 aromatic rings. The molecule has 0 heterocycles. The molecular weight excluding hydrogens is 343 g/mol. The van der Waals surface area contributed by atoms with Crippen LogP contribution in [0, 0.1) is 15.9 Å². The van der Waals surface area contributed by atoms with E-state index in [2.05, 4.69) is 15.9 Å². The molecule has 0 aliphatic heterocycles. The second-order valence-electron chi connectivity index (χ2n) is 4.42. The van der Waals surface area contributed by atoms with Gasteiger partial charge in [0.15, 0.2) is 0 Å². The Morgan fingerprint density at radius 3 is 2.71 bits per heavy atom. The zero-order valence-corrected chi connectivity index (χ0v) is 12.6. The number of nitrogens with two attached hydrogens (primary N) is 1. The Labute approximate surface area is 128 Å². The van der Waals surface area contributed by atoms with E-state index in [-0.39, 0.29) is 17.2 Å². The third-order valence-electron chi connectivity index (χ3n) is 2.82. The monoisotopic (exact) mass is 354 g/mol. The molecule has 0 aromatic heterocycles. The Kier molecular flexibility index (Phi) is 4.54. The normalized spacial score (nSPS) is 12.0. The molecule has 0 radical (unpaired) electrons. The van der Waals surface area contributed by atoms with Gasteiger partial charge in [-0.3, -0.25) is 10.1 Å². The summed E-state index contributed by atoms with van der Waals surface area (Å²) in [7, 11) is 0. The van der Waals surface area contributed by atoms with Crippen molar-refractivity contribution in [3.05, 3.63) is 62.4 Å². The maximum absolute atomic E-state index is 13.3. The Bertz CT molecular complexity index is 692. The fourth-order valence-corrected chi connectivity index (χ4v) is 2.26. The van der Waals surface area contributed by atoms with Gasteiger partial charge in [0.1, 0.15) is 11.6 Å². The molecule has 2 rings (SSSR count). The summed E-state index contributed by atoms with van der Waals surface area (Å²) in [4.78, 5) is 10.5. The number of nitro benzene ring substituents is 1. The molecule has 0 aliphatic carbocycles. The summed E-state index contributed by atoms with van der Waals surface area (Å²) in [5.74, 6) is -0.117. The second kappa shape index (κ2) is 6.19. The van der Waals surface area contributed by atoms with E-state index < -0.39 is 16.8 Å². The first-order valence-corrected chi connectivity index (χ1v) is 6.85. The van der Waals surface area contributed by atoms with Crippen LogP contribution in [0.1, 0.15) is 18.5 Å². The van der Waals surface area contributed by atoms with Gasteiger partial charge in [-0.1, -0.05) is 6.07 Å². The van der Waals surface area contributed by atoms with Gasteiger partial charge in [-0.2, -0.15) is 0 Å². The number of para-hydroxylation sites is 1. The van der Waals surface area contributed by atoms with Crippen molar-refractivity contribution in [3.63, 3.8) is 0 Å². The molecular formula is C14H12BrFN2O3. The Morgan fingerprint density at radius 1 is 1.38 bits per heavy atom. The second-order valence-corrected chi connectivity index (χ2v) is 5.27. The highest BCUT2D eigenvalue weighted by Gasteiger charge is 2.20. The minimum atomic E-state index is -0.546. The Morgan fingerprint density at radius 2 is 2.10 bits per heavy atom. The van der Waals surface area contributed by atoms with Crippen LogP contribution in [-0.2, 0) is 0 Å². The fraction of sp³-hybridized carbons (Fsp3) is 0.143. The molecule has 5 nitrogen and oxygen atoms in total. The SMILES string of the molecule is C[C@H](N)c1cc(F)ccc1Oc1c(Br)cccc1[N+](=O)[O-]. The van der Waals surface area contributed by atoms with Crippen molar-refractivity contribution in [3.8, 4) is 11.5 Å². The summed E-state index contributed by atoms with van der Waals surface area (Å²) in [5, 5.41) is 11.1. The number of ether oxygens (including phenoxy) is 1. The molecule has 0 aliphatic rings. The number of halogens is 2. The third kappa shape index (κ3) is 3.37. The van der Waals surface area contributed by atoms with E-state index in [0.29, 0.717) is 10.0 Å². The summed E-state index contributed by atoms with van der Waals surface area (Å²) >= 11 is 3.21. The highest BCUT2D eigenvalue weighted by atomic mass is 79.9. The number of nitrogens with zero attached hydrogens (tertiary/aromatic N) is 1. The molecule has 0 unspecified atom stereocenters. The molecule has 0 bridgehead atoms. The van der Waals surface area contributed by atoms with Crippen LogP contribution in [-0.4, -0.2) is 4.92 Å². The van der Waals surface area contributed by atoms with Crippen LogP contribution >= 0.6 is 15.9 Å². The number of hydrogen-bond donors (Lipinski definition) is 1. The topological polar surface area (TPSA) is 78.4 Å². The highest BCUT2D eigenvalue weighted by Crippen LogP contribution is 2.39. The summed E-state index contributed by atoms with van der Waals surface area (Å²) in [6.45, 7) is 1.68. The summed E-state index contributed by atoms with van der Waals surface area (Å²) in [6, 6.07) is 7.87. The van der Waals surface area contributed by atoms with Crippen molar-refractivity contribution in [2.75, 3.05) is 0 Å². The number of benzene rings is 2. The van der Waals surface area contributed by atoms with E-state index in [0.717, 1.165) is 0 Å². The van der Waals surface area contributed by atoms with Crippen LogP contribution < -0.4 is 10.5 Å². The Hall–Kier alpha value is -1.99. The molecule has 0 saturated heterocycles. The summed E-state index contributed by atoms with van der Waals surface area (Å²) in [6.07, 6.45) is 0. The summed E-state index contributed by atoms with van der Waals surface area (Å²) < 4.78 is 19.3. The van der Waals surface area contributed by atoms with Gasteiger partial charge in [0, 0.05) is 17.7 Å². The standard InChI is InChI=1S/C14H12BrFN2O3/c1-8(17)10-7-9(16)5-6-13(10)21-14-11(15)3-2-4-12(14)18(19)20/h2-8H,17H2,1H3/t8-/m0/s1. The minimum absolute atomic E-state index is 0.0519. The van der Waals surface area contributed by atoms with E-state index in [9.17, 15) is 14.5 Å². The van der Waals surface area contributed by atoms with E-state index >= 15 is 0 Å². The lowest BCUT2D eigenvalue weighted by atomic mass is 10.1. The predicted octanol–water partition coefficient (Wildman–Crippen LogP) is 4.31. The third-order valence-corrected chi connectivity index (χ3v) is 3.44. The summed E-state index contributed by atoms with van der Waals surface area (Å²) in [5.41, 5.74) is 6.02. The van der Waals surface area contributed by atoms with Gasteiger partial charge in [-0.15, -0.1) is 0 Å². The molecule has 0 spiro atoms. The van der Waals surface area contributed by atoms with Gasteiger partial charge < -0.3 is 10.5 Å². The van der Waals surface area contributed by atoms with E-state index in [4.69, 9.17) is 10.5 Å². The van der Waals surface area contributed by atoms with Crippen molar-refractivity contribution in [1.29, 1.82) is 0 Å². The Balaban J connectivity index is 2.51. The average molecular weight is 355 g/mol. The van der Waals surface area contributed by atoms with Crippen molar-refractivity contribution < 1.29 is 14.1 Å². The van der Waals surface area contributed by atoms with Crippen molar-refractivity contribution in [2.24, 2.45) is 5.73 Å². The van der Waals surface area contributed by atoms with Gasteiger partial charge in [-0.05, 0) is 47.1 Å².